The van der Waals surface area contributed by atoms with Gasteiger partial charge in [-0.25, -0.2) is 0 Å². The molecule has 3 heteroatoms. The second kappa shape index (κ2) is 6.43. The normalized spacial score (nSPS) is 17.7. The monoisotopic (exact) mass is 369 g/mol. The molecule has 0 aromatic heterocycles. The largest absolute Gasteiger partial charge is 0.354 e. The van der Waals surface area contributed by atoms with E-state index in [1.165, 1.54) is 16.0 Å². The van der Waals surface area contributed by atoms with Crippen molar-refractivity contribution in [3.8, 4) is 0 Å². The number of rotatable bonds is 2. The predicted octanol–water partition coefficient (Wildman–Crippen LogP) is 6.12. The first-order chi connectivity index (χ1) is 13.3. The van der Waals surface area contributed by atoms with Crippen LogP contribution in [0.2, 0.25) is 0 Å². The van der Waals surface area contributed by atoms with Crippen LogP contribution in [0.25, 0.3) is 5.70 Å². The third-order valence-corrected chi connectivity index (χ3v) is 6.65. The molecule has 27 heavy (non-hydrogen) atoms. The fourth-order valence-electron chi connectivity index (χ4n) is 3.84. The molecule has 1 atom stereocenters. The molecule has 3 aromatic rings. The van der Waals surface area contributed by atoms with E-state index in [1.54, 1.807) is 11.8 Å². The van der Waals surface area contributed by atoms with E-state index in [4.69, 9.17) is 0 Å². The van der Waals surface area contributed by atoms with Gasteiger partial charge in [-0.15, -0.1) is 11.8 Å². The molecule has 0 saturated heterocycles. The van der Waals surface area contributed by atoms with E-state index >= 15 is 0 Å². The van der Waals surface area contributed by atoms with E-state index < -0.39 is 0 Å². The predicted molar refractivity (Wildman–Crippen MR) is 112 cm³/mol. The number of Topliss-reactive ketones (excluding diaryl/α,β-unsaturated/α-hetero) is 1. The number of hydrogen-bond acceptors (Lipinski definition) is 3. The molecule has 0 amide bonds. The molecule has 0 spiro atoms. The van der Waals surface area contributed by atoms with Crippen LogP contribution in [-0.4, -0.2) is 5.78 Å². The van der Waals surface area contributed by atoms with E-state index in [2.05, 4.69) is 54.7 Å². The highest BCUT2D eigenvalue weighted by Crippen LogP contribution is 2.52. The second-order valence-electron chi connectivity index (χ2n) is 6.88. The van der Waals surface area contributed by atoms with E-state index in [-0.39, 0.29) is 11.0 Å². The molecule has 1 N–H and O–H groups in total. The molecule has 1 aliphatic heterocycles. The highest BCUT2D eigenvalue weighted by atomic mass is 32.2. The summed E-state index contributed by atoms with van der Waals surface area (Å²) >= 11 is 1.75. The standard InChI is InChI=1S/C24H19NOS/c1-2-15-11-13-16(14-12-15)24-21-22(17-7-3-4-8-18(17)23(21)26)25-19-9-5-6-10-20(19)27-24/h3-14,24-25H,2H2,1H3/t24-/m1/s1. The summed E-state index contributed by atoms with van der Waals surface area (Å²) in [6.45, 7) is 2.16. The van der Waals surface area contributed by atoms with Crippen LogP contribution in [0, 0.1) is 0 Å². The maximum Gasteiger partial charge on any atom is 0.193 e. The molecule has 0 bridgehead atoms. The Morgan fingerprint density at radius 1 is 0.889 bits per heavy atom. The number of benzene rings is 3. The molecule has 0 fully saturated rings. The Hall–Kier alpha value is -2.78. The van der Waals surface area contributed by atoms with Gasteiger partial charge in [-0.2, -0.15) is 0 Å². The fourth-order valence-corrected chi connectivity index (χ4v) is 5.14. The molecule has 0 unspecified atom stereocenters. The van der Waals surface area contributed by atoms with Gasteiger partial charge in [-0.1, -0.05) is 67.6 Å². The third kappa shape index (κ3) is 2.62. The van der Waals surface area contributed by atoms with Crippen molar-refractivity contribution in [2.24, 2.45) is 0 Å². The third-order valence-electron chi connectivity index (χ3n) is 5.30. The lowest BCUT2D eigenvalue weighted by atomic mass is 9.99. The maximum atomic E-state index is 13.3. The van der Waals surface area contributed by atoms with Crippen molar-refractivity contribution < 1.29 is 4.79 Å². The Morgan fingerprint density at radius 2 is 1.59 bits per heavy atom. The Bertz CT molecular complexity index is 1080. The van der Waals surface area contributed by atoms with E-state index in [1.807, 2.05) is 30.3 Å². The fraction of sp³-hybridized carbons (Fsp3) is 0.125. The van der Waals surface area contributed by atoms with E-state index in [0.717, 1.165) is 34.5 Å². The Morgan fingerprint density at radius 3 is 2.37 bits per heavy atom. The highest BCUT2D eigenvalue weighted by Gasteiger charge is 2.37. The van der Waals surface area contributed by atoms with Gasteiger partial charge in [0.1, 0.15) is 0 Å². The van der Waals surface area contributed by atoms with Crippen molar-refractivity contribution in [1.82, 2.24) is 0 Å². The zero-order valence-corrected chi connectivity index (χ0v) is 15.8. The second-order valence-corrected chi connectivity index (χ2v) is 8.02. The summed E-state index contributed by atoms with van der Waals surface area (Å²) in [4.78, 5) is 14.5. The molecular formula is C24H19NOS. The molecule has 2 nitrogen and oxygen atoms in total. The van der Waals surface area contributed by atoms with Gasteiger partial charge in [0.2, 0.25) is 0 Å². The lowest BCUT2D eigenvalue weighted by molar-refractivity contribution is 0.103. The number of nitrogens with one attached hydrogen (secondary N) is 1. The van der Waals surface area contributed by atoms with Crippen LogP contribution < -0.4 is 5.32 Å². The molecule has 5 rings (SSSR count). The van der Waals surface area contributed by atoms with Crippen LogP contribution in [0.1, 0.15) is 39.2 Å². The van der Waals surface area contributed by atoms with Gasteiger partial charge in [0.05, 0.1) is 16.6 Å². The average molecular weight is 369 g/mol. The quantitative estimate of drug-likeness (QED) is 0.590. The van der Waals surface area contributed by atoms with Crippen LogP contribution in [0.15, 0.2) is 83.3 Å². The minimum Gasteiger partial charge on any atom is -0.354 e. The number of anilines is 1. The van der Waals surface area contributed by atoms with Crippen LogP contribution in [0.5, 0.6) is 0 Å². The number of carbonyl (C=O) groups is 1. The molecule has 1 aliphatic carbocycles. The highest BCUT2D eigenvalue weighted by molar-refractivity contribution is 8.00. The number of thioether (sulfide) groups is 1. The zero-order valence-electron chi connectivity index (χ0n) is 15.0. The summed E-state index contributed by atoms with van der Waals surface area (Å²) in [6, 6.07) is 24.9. The van der Waals surface area contributed by atoms with Crippen molar-refractivity contribution in [3.63, 3.8) is 0 Å². The first kappa shape index (κ1) is 16.4. The van der Waals surface area contributed by atoms with Crippen molar-refractivity contribution >= 4 is 28.9 Å². The molecular weight excluding hydrogens is 350 g/mol. The summed E-state index contributed by atoms with van der Waals surface area (Å²) in [6.07, 6.45) is 1.01. The number of para-hydroxylation sites is 1. The van der Waals surface area contributed by atoms with Crippen molar-refractivity contribution in [2.75, 3.05) is 5.32 Å². The number of carbonyl (C=O) groups excluding carboxylic acids is 1. The Labute approximate surface area is 163 Å². The number of fused-ring (bicyclic) bond motifs is 3. The van der Waals surface area contributed by atoms with E-state index in [9.17, 15) is 4.79 Å². The lowest BCUT2D eigenvalue weighted by Gasteiger charge is -2.17. The first-order valence-electron chi connectivity index (χ1n) is 9.26. The maximum absolute atomic E-state index is 13.3. The van der Waals surface area contributed by atoms with Gasteiger partial charge in [0.15, 0.2) is 5.78 Å². The van der Waals surface area contributed by atoms with Crippen LogP contribution >= 0.6 is 11.8 Å². The van der Waals surface area contributed by atoms with Crippen molar-refractivity contribution in [3.05, 3.63) is 101 Å². The molecule has 0 radical (unpaired) electrons. The molecule has 2 aliphatic rings. The molecule has 1 heterocycles. The molecule has 3 aromatic carbocycles. The average Bonchev–Trinajstić information content (AvgIpc) is 2.88. The van der Waals surface area contributed by atoms with Gasteiger partial charge in [-0.05, 0) is 29.7 Å². The zero-order chi connectivity index (χ0) is 18.4. The Balaban J connectivity index is 1.71. The topological polar surface area (TPSA) is 29.1 Å². The lowest BCUT2D eigenvalue weighted by Crippen LogP contribution is -2.07. The SMILES string of the molecule is CCc1ccc([C@H]2Sc3ccccc3NC3=C2C(=O)c2ccccc23)cc1. The van der Waals surface area contributed by atoms with Crippen LogP contribution in [-0.2, 0) is 6.42 Å². The smallest absolute Gasteiger partial charge is 0.193 e. The van der Waals surface area contributed by atoms with Gasteiger partial charge >= 0.3 is 0 Å². The van der Waals surface area contributed by atoms with Gasteiger partial charge in [-0.3, -0.25) is 4.79 Å². The molecule has 0 saturated carbocycles. The minimum atomic E-state index is -0.0260. The van der Waals surface area contributed by atoms with Crippen molar-refractivity contribution in [2.45, 2.75) is 23.5 Å². The van der Waals surface area contributed by atoms with Gasteiger partial charge < -0.3 is 5.32 Å². The first-order valence-corrected chi connectivity index (χ1v) is 10.1. The number of hydrogen-bond donors (Lipinski definition) is 1. The summed E-state index contributed by atoms with van der Waals surface area (Å²) in [5, 5.41) is 3.54. The summed E-state index contributed by atoms with van der Waals surface area (Å²) in [7, 11) is 0. The summed E-state index contributed by atoms with van der Waals surface area (Å²) in [5.74, 6) is 0.137. The van der Waals surface area contributed by atoms with E-state index in [0.29, 0.717) is 0 Å². The summed E-state index contributed by atoms with van der Waals surface area (Å²) in [5.41, 5.74) is 7.16. The number of ketones is 1. The van der Waals surface area contributed by atoms with Gasteiger partial charge in [0, 0.05) is 21.6 Å². The van der Waals surface area contributed by atoms with Gasteiger partial charge in [0.25, 0.3) is 0 Å². The van der Waals surface area contributed by atoms with Crippen LogP contribution in [0.3, 0.4) is 0 Å². The van der Waals surface area contributed by atoms with Crippen LogP contribution in [0.4, 0.5) is 5.69 Å². The minimum absolute atomic E-state index is 0.0260. The van der Waals surface area contributed by atoms with Crippen molar-refractivity contribution in [1.29, 1.82) is 0 Å². The molecule has 132 valence electrons. The Kier molecular flexibility index (Phi) is 3.91. The number of aryl methyl sites for hydroxylation is 1. The summed E-state index contributed by atoms with van der Waals surface area (Å²) < 4.78 is 0.